The molecule has 0 saturated heterocycles. The van der Waals surface area contributed by atoms with Gasteiger partial charge < -0.3 is 24.7 Å². The average Bonchev–Trinajstić information content (AvgIpc) is 2.75. The van der Waals surface area contributed by atoms with E-state index in [1.807, 2.05) is 42.6 Å². The number of benzene rings is 2. The van der Waals surface area contributed by atoms with Crippen LogP contribution in [0.2, 0.25) is 0 Å². The molecule has 0 aliphatic heterocycles. The van der Waals surface area contributed by atoms with Crippen molar-refractivity contribution in [3.63, 3.8) is 0 Å². The number of fused-ring (bicyclic) bond motifs is 1. The van der Waals surface area contributed by atoms with Crippen LogP contribution in [0, 0.1) is 0 Å². The Hall–Kier alpha value is -2.99. The highest BCUT2D eigenvalue weighted by Gasteiger charge is 2.21. The first-order valence-corrected chi connectivity index (χ1v) is 9.09. The molecule has 6 heteroatoms. The summed E-state index contributed by atoms with van der Waals surface area (Å²) in [6.07, 6.45) is 2.56. The molecule has 28 heavy (non-hydrogen) atoms. The van der Waals surface area contributed by atoms with Crippen molar-refractivity contribution >= 4 is 10.8 Å². The Morgan fingerprint density at radius 2 is 1.46 bits per heavy atom. The van der Waals surface area contributed by atoms with Gasteiger partial charge in [-0.2, -0.15) is 0 Å². The predicted molar refractivity (Wildman–Crippen MR) is 110 cm³/mol. The van der Waals surface area contributed by atoms with Crippen LogP contribution < -0.4 is 24.7 Å². The van der Waals surface area contributed by atoms with Gasteiger partial charge in [-0.1, -0.05) is 6.07 Å². The maximum atomic E-state index is 5.95. The normalized spacial score (nSPS) is 11.9. The van der Waals surface area contributed by atoms with Gasteiger partial charge in [0.2, 0.25) is 0 Å². The first-order valence-electron chi connectivity index (χ1n) is 9.09. The zero-order valence-electron chi connectivity index (χ0n) is 16.7. The topological polar surface area (TPSA) is 75.8 Å². The maximum absolute atomic E-state index is 5.95. The van der Waals surface area contributed by atoms with E-state index in [1.165, 1.54) is 0 Å². The average molecular weight is 382 g/mol. The van der Waals surface area contributed by atoms with Crippen LogP contribution >= 0.6 is 0 Å². The highest BCUT2D eigenvalue weighted by Crippen LogP contribution is 2.39. The van der Waals surface area contributed by atoms with Gasteiger partial charge in [0.05, 0.1) is 34.1 Å². The second-order valence-electron chi connectivity index (χ2n) is 6.37. The molecule has 1 heterocycles. The van der Waals surface area contributed by atoms with Crippen LogP contribution in [0.15, 0.2) is 42.6 Å². The van der Waals surface area contributed by atoms with E-state index in [2.05, 4.69) is 0 Å². The molecule has 3 rings (SSSR count). The van der Waals surface area contributed by atoms with Crippen LogP contribution in [0.4, 0.5) is 0 Å². The molecular formula is C22H26N2O4. The van der Waals surface area contributed by atoms with Gasteiger partial charge in [0, 0.05) is 17.5 Å². The third-order valence-electron chi connectivity index (χ3n) is 4.89. The summed E-state index contributed by atoms with van der Waals surface area (Å²) in [6, 6.07) is 11.8. The van der Waals surface area contributed by atoms with Gasteiger partial charge in [-0.25, -0.2) is 0 Å². The van der Waals surface area contributed by atoms with E-state index in [-0.39, 0.29) is 5.92 Å². The number of methoxy groups -OCH3 is 4. The van der Waals surface area contributed by atoms with Crippen LogP contribution in [-0.4, -0.2) is 40.0 Å². The van der Waals surface area contributed by atoms with Gasteiger partial charge in [-0.15, -0.1) is 0 Å². The summed E-state index contributed by atoms with van der Waals surface area (Å²) >= 11 is 0. The summed E-state index contributed by atoms with van der Waals surface area (Å²) < 4.78 is 21.8. The van der Waals surface area contributed by atoms with E-state index in [9.17, 15) is 0 Å². The highest BCUT2D eigenvalue weighted by molar-refractivity contribution is 5.88. The van der Waals surface area contributed by atoms with Crippen molar-refractivity contribution < 1.29 is 18.9 Å². The summed E-state index contributed by atoms with van der Waals surface area (Å²) in [4.78, 5) is 4.71. The van der Waals surface area contributed by atoms with Crippen molar-refractivity contribution in [1.82, 2.24) is 4.98 Å². The second kappa shape index (κ2) is 8.80. The molecule has 0 fully saturated rings. The van der Waals surface area contributed by atoms with Crippen molar-refractivity contribution in [2.45, 2.75) is 12.3 Å². The zero-order chi connectivity index (χ0) is 20.1. The summed E-state index contributed by atoms with van der Waals surface area (Å²) in [6.45, 7) is 0.532. The van der Waals surface area contributed by atoms with Crippen LogP contribution in [-0.2, 0) is 0 Å². The Balaban J connectivity index is 2.18. The predicted octanol–water partition coefficient (Wildman–Crippen LogP) is 3.75. The summed E-state index contributed by atoms with van der Waals surface area (Å²) in [5.74, 6) is 2.74. The number of hydrogen-bond acceptors (Lipinski definition) is 6. The van der Waals surface area contributed by atoms with E-state index >= 15 is 0 Å². The lowest BCUT2D eigenvalue weighted by molar-refractivity contribution is 0.354. The quantitative estimate of drug-likeness (QED) is 0.639. The molecule has 0 spiro atoms. The van der Waals surface area contributed by atoms with Crippen LogP contribution in [0.3, 0.4) is 0 Å². The van der Waals surface area contributed by atoms with E-state index < -0.39 is 0 Å². The highest BCUT2D eigenvalue weighted by atomic mass is 16.5. The number of nitrogens with two attached hydrogens (primary N) is 1. The molecule has 0 radical (unpaired) electrons. The SMILES string of the molecule is COc1ccc(C(CCN)c2nccc3cc(OC)c(OC)cc23)cc1OC. The fourth-order valence-electron chi connectivity index (χ4n) is 3.50. The van der Waals surface area contributed by atoms with Gasteiger partial charge in [-0.3, -0.25) is 4.98 Å². The standard InChI is InChI=1S/C22H26N2O4/c1-25-18-6-5-14(11-19(18)26-2)16(7-9-23)22-17-13-21(28-4)20(27-3)12-15(17)8-10-24-22/h5-6,8,10-13,16H,7,9,23H2,1-4H3. The van der Waals surface area contributed by atoms with E-state index in [1.54, 1.807) is 28.4 Å². The maximum Gasteiger partial charge on any atom is 0.161 e. The molecule has 0 amide bonds. The third kappa shape index (κ3) is 3.68. The number of hydrogen-bond donors (Lipinski definition) is 1. The monoisotopic (exact) mass is 382 g/mol. The number of rotatable bonds is 8. The molecule has 1 aromatic heterocycles. The van der Waals surface area contributed by atoms with Crippen molar-refractivity contribution in [3.8, 4) is 23.0 Å². The van der Waals surface area contributed by atoms with E-state index in [0.29, 0.717) is 29.5 Å². The van der Waals surface area contributed by atoms with E-state index in [0.717, 1.165) is 28.5 Å². The molecule has 0 aliphatic carbocycles. The van der Waals surface area contributed by atoms with E-state index in [4.69, 9.17) is 29.7 Å². The Kier molecular flexibility index (Phi) is 6.21. The van der Waals surface area contributed by atoms with Crippen molar-refractivity contribution in [1.29, 1.82) is 0 Å². The minimum Gasteiger partial charge on any atom is -0.493 e. The lowest BCUT2D eigenvalue weighted by Gasteiger charge is -2.20. The molecule has 0 bridgehead atoms. The van der Waals surface area contributed by atoms with Crippen molar-refractivity contribution in [3.05, 3.63) is 53.9 Å². The van der Waals surface area contributed by atoms with Crippen molar-refractivity contribution in [2.75, 3.05) is 35.0 Å². The molecule has 6 nitrogen and oxygen atoms in total. The first-order chi connectivity index (χ1) is 13.7. The number of ether oxygens (including phenoxy) is 4. The lowest BCUT2D eigenvalue weighted by Crippen LogP contribution is -2.11. The van der Waals surface area contributed by atoms with Crippen molar-refractivity contribution in [2.24, 2.45) is 5.73 Å². The lowest BCUT2D eigenvalue weighted by atomic mass is 9.89. The third-order valence-corrected chi connectivity index (χ3v) is 4.89. The second-order valence-corrected chi connectivity index (χ2v) is 6.37. The Morgan fingerprint density at radius 3 is 2.11 bits per heavy atom. The largest absolute Gasteiger partial charge is 0.493 e. The molecule has 1 atom stereocenters. The molecule has 2 N–H and O–H groups in total. The fourth-order valence-corrected chi connectivity index (χ4v) is 3.50. The molecule has 0 aliphatic rings. The van der Waals surface area contributed by atoms with Gasteiger partial charge in [0.1, 0.15) is 0 Å². The minimum absolute atomic E-state index is 0.00612. The number of pyridine rings is 1. The number of nitrogens with zero attached hydrogens (tertiary/aromatic N) is 1. The smallest absolute Gasteiger partial charge is 0.161 e. The molecule has 1 unspecified atom stereocenters. The van der Waals surface area contributed by atoms with Crippen LogP contribution in [0.25, 0.3) is 10.8 Å². The van der Waals surface area contributed by atoms with Gasteiger partial charge in [0.15, 0.2) is 23.0 Å². The summed E-state index contributed by atoms with van der Waals surface area (Å²) in [5, 5.41) is 2.04. The zero-order valence-corrected chi connectivity index (χ0v) is 16.7. The molecule has 2 aromatic carbocycles. The molecule has 0 saturated carbocycles. The number of aromatic nitrogens is 1. The minimum atomic E-state index is 0.00612. The van der Waals surface area contributed by atoms with Gasteiger partial charge in [-0.05, 0) is 54.2 Å². The Morgan fingerprint density at radius 1 is 0.821 bits per heavy atom. The fraction of sp³-hybridized carbons (Fsp3) is 0.318. The van der Waals surface area contributed by atoms with Crippen LogP contribution in [0.1, 0.15) is 23.6 Å². The molecule has 3 aromatic rings. The van der Waals surface area contributed by atoms with Crippen LogP contribution in [0.5, 0.6) is 23.0 Å². The van der Waals surface area contributed by atoms with Gasteiger partial charge >= 0.3 is 0 Å². The van der Waals surface area contributed by atoms with Gasteiger partial charge in [0.25, 0.3) is 0 Å². The first kappa shape index (κ1) is 19.8. The Labute approximate surface area is 165 Å². The summed E-state index contributed by atoms with van der Waals surface area (Å²) in [7, 11) is 6.52. The molecular weight excluding hydrogens is 356 g/mol. The molecule has 148 valence electrons. The summed E-state index contributed by atoms with van der Waals surface area (Å²) in [5.41, 5.74) is 7.96. The Bertz CT molecular complexity index is 959.